The van der Waals surface area contributed by atoms with Crippen LogP contribution in [0.15, 0.2) is 18.2 Å². The van der Waals surface area contributed by atoms with Crippen LogP contribution in [0.5, 0.6) is 0 Å². The molecule has 2 fully saturated rings. The summed E-state index contributed by atoms with van der Waals surface area (Å²) in [6, 6.07) is 5.94. The maximum atomic E-state index is 13.5. The number of hydrogen-bond donors (Lipinski definition) is 1. The molecule has 0 aliphatic carbocycles. The molecule has 4 rings (SSSR count). The summed E-state index contributed by atoms with van der Waals surface area (Å²) in [6.07, 6.45) is 5.37. The van der Waals surface area contributed by atoms with Gasteiger partial charge in [0.2, 0.25) is 5.91 Å². The normalized spacial score (nSPS) is 29.6. The highest BCUT2D eigenvalue weighted by atomic mass is 19.1. The predicted molar refractivity (Wildman–Crippen MR) is 89.3 cm³/mol. The summed E-state index contributed by atoms with van der Waals surface area (Å²) in [5.74, 6) is 0.432. The van der Waals surface area contributed by atoms with Crippen molar-refractivity contribution in [2.45, 2.75) is 44.2 Å². The number of benzene rings is 1. The molecule has 3 aliphatic rings. The highest BCUT2D eigenvalue weighted by molar-refractivity contribution is 5.98. The lowest BCUT2D eigenvalue weighted by Crippen LogP contribution is -2.45. The Labute approximate surface area is 136 Å². The van der Waals surface area contributed by atoms with Crippen molar-refractivity contribution in [3.8, 4) is 0 Å². The second-order valence-electron chi connectivity index (χ2n) is 7.28. The van der Waals surface area contributed by atoms with E-state index in [4.69, 9.17) is 0 Å². The summed E-state index contributed by atoms with van der Waals surface area (Å²) in [4.78, 5) is 16.7. The zero-order valence-electron chi connectivity index (χ0n) is 13.6. The van der Waals surface area contributed by atoms with Crippen molar-refractivity contribution in [2.75, 3.05) is 29.9 Å². The first kappa shape index (κ1) is 14.9. The maximum absolute atomic E-state index is 13.5. The van der Waals surface area contributed by atoms with Crippen LogP contribution >= 0.6 is 0 Å². The summed E-state index contributed by atoms with van der Waals surface area (Å²) in [5, 5.41) is 3.63. The van der Waals surface area contributed by atoms with E-state index in [9.17, 15) is 9.18 Å². The van der Waals surface area contributed by atoms with Crippen LogP contribution in [0.1, 0.15) is 32.1 Å². The van der Waals surface area contributed by atoms with E-state index in [2.05, 4.69) is 5.32 Å². The maximum Gasteiger partial charge on any atom is 0.227 e. The smallest absolute Gasteiger partial charge is 0.227 e. The number of nitrogens with one attached hydrogen (secondary N) is 1. The van der Waals surface area contributed by atoms with Crippen LogP contribution in [0.3, 0.4) is 0 Å². The van der Waals surface area contributed by atoms with Crippen LogP contribution in [0.25, 0.3) is 0 Å². The van der Waals surface area contributed by atoms with Gasteiger partial charge < -0.3 is 15.1 Å². The van der Waals surface area contributed by atoms with Gasteiger partial charge in [-0.25, -0.2) is 4.39 Å². The Kier molecular flexibility index (Phi) is 3.76. The second kappa shape index (κ2) is 5.78. The highest BCUT2D eigenvalue weighted by Crippen LogP contribution is 2.36. The first-order valence-electron chi connectivity index (χ1n) is 8.67. The average molecular weight is 317 g/mol. The number of anilines is 2. The Bertz CT molecular complexity index is 608. The topological polar surface area (TPSA) is 35.6 Å². The molecule has 2 atom stereocenters. The average Bonchev–Trinajstić information content (AvgIpc) is 2.87. The second-order valence-corrected chi connectivity index (χ2v) is 7.28. The first-order valence-corrected chi connectivity index (χ1v) is 8.67. The number of piperidine rings is 1. The summed E-state index contributed by atoms with van der Waals surface area (Å²) in [5.41, 5.74) is 1.66. The SMILES string of the molecule is CN1CCN(C(=O)CC2CC3CCC(C2)N3)c2ccc(F)cc21. The Morgan fingerprint density at radius 3 is 2.70 bits per heavy atom. The van der Waals surface area contributed by atoms with Gasteiger partial charge in [-0.2, -0.15) is 0 Å². The fourth-order valence-corrected chi connectivity index (χ4v) is 4.48. The van der Waals surface area contributed by atoms with Gasteiger partial charge in [-0.05, 0) is 49.8 Å². The molecule has 1 aromatic carbocycles. The van der Waals surface area contributed by atoms with Crippen molar-refractivity contribution in [3.05, 3.63) is 24.0 Å². The number of amides is 1. The third kappa shape index (κ3) is 2.82. The molecule has 1 N–H and O–H groups in total. The minimum absolute atomic E-state index is 0.192. The lowest BCUT2D eigenvalue weighted by molar-refractivity contribution is -0.119. The van der Waals surface area contributed by atoms with E-state index in [1.807, 2.05) is 16.8 Å². The van der Waals surface area contributed by atoms with Gasteiger partial charge in [0.05, 0.1) is 11.4 Å². The van der Waals surface area contributed by atoms with E-state index in [1.165, 1.54) is 25.0 Å². The zero-order chi connectivity index (χ0) is 16.0. The van der Waals surface area contributed by atoms with E-state index in [1.54, 1.807) is 6.07 Å². The molecule has 1 aromatic rings. The summed E-state index contributed by atoms with van der Waals surface area (Å²) >= 11 is 0. The standard InChI is InChI=1S/C18H24FN3O/c1-21-6-7-22(16-5-2-13(19)11-17(16)21)18(23)10-12-8-14-3-4-15(9-12)20-14/h2,5,11-12,14-15,20H,3-4,6-10H2,1H3. The third-order valence-corrected chi connectivity index (χ3v) is 5.63. The number of hydrogen-bond acceptors (Lipinski definition) is 3. The minimum Gasteiger partial charge on any atom is -0.371 e. The first-order chi connectivity index (χ1) is 11.1. The molecule has 4 nitrogen and oxygen atoms in total. The van der Waals surface area contributed by atoms with Gasteiger partial charge >= 0.3 is 0 Å². The monoisotopic (exact) mass is 317 g/mol. The number of rotatable bonds is 2. The van der Waals surface area contributed by atoms with E-state index < -0.39 is 0 Å². The van der Waals surface area contributed by atoms with E-state index in [-0.39, 0.29) is 11.7 Å². The van der Waals surface area contributed by atoms with E-state index >= 15 is 0 Å². The number of carbonyl (C=O) groups excluding carboxylic acids is 1. The van der Waals surface area contributed by atoms with Crippen molar-refractivity contribution in [3.63, 3.8) is 0 Å². The molecule has 3 heterocycles. The predicted octanol–water partition coefficient (Wildman–Crippen LogP) is 2.53. The molecular formula is C18H24FN3O. The molecule has 2 unspecified atom stereocenters. The van der Waals surface area contributed by atoms with E-state index in [0.29, 0.717) is 31.0 Å². The molecule has 1 amide bonds. The lowest BCUT2D eigenvalue weighted by atomic mass is 9.89. The van der Waals surface area contributed by atoms with Crippen molar-refractivity contribution >= 4 is 17.3 Å². The molecule has 0 aromatic heterocycles. The lowest BCUT2D eigenvalue weighted by Gasteiger charge is -2.37. The molecule has 23 heavy (non-hydrogen) atoms. The van der Waals surface area contributed by atoms with Crippen LogP contribution < -0.4 is 15.1 Å². The van der Waals surface area contributed by atoms with Crippen LogP contribution in [0, 0.1) is 11.7 Å². The Balaban J connectivity index is 1.50. The fourth-order valence-electron chi connectivity index (χ4n) is 4.48. The molecule has 0 radical (unpaired) electrons. The Hall–Kier alpha value is -1.62. The summed E-state index contributed by atoms with van der Waals surface area (Å²) in [7, 11) is 1.95. The van der Waals surface area contributed by atoms with Crippen LogP contribution in [-0.4, -0.2) is 38.1 Å². The molecule has 3 aliphatic heterocycles. The van der Waals surface area contributed by atoms with Gasteiger partial charge in [0.15, 0.2) is 0 Å². The molecule has 0 spiro atoms. The number of likely N-dealkylation sites (N-methyl/N-ethyl adjacent to an activating group) is 1. The van der Waals surface area contributed by atoms with Crippen molar-refractivity contribution in [2.24, 2.45) is 5.92 Å². The van der Waals surface area contributed by atoms with E-state index in [0.717, 1.165) is 30.8 Å². The van der Waals surface area contributed by atoms with Gasteiger partial charge in [0.25, 0.3) is 0 Å². The molecule has 2 bridgehead atoms. The Morgan fingerprint density at radius 1 is 1.22 bits per heavy atom. The molecular weight excluding hydrogens is 293 g/mol. The van der Waals surface area contributed by atoms with Crippen molar-refractivity contribution in [1.82, 2.24) is 5.32 Å². The molecule has 124 valence electrons. The minimum atomic E-state index is -0.250. The number of carbonyl (C=O) groups is 1. The van der Waals surface area contributed by atoms with Gasteiger partial charge in [-0.15, -0.1) is 0 Å². The Morgan fingerprint density at radius 2 is 1.96 bits per heavy atom. The van der Waals surface area contributed by atoms with Crippen molar-refractivity contribution < 1.29 is 9.18 Å². The zero-order valence-corrected chi connectivity index (χ0v) is 13.6. The van der Waals surface area contributed by atoms with Gasteiger partial charge in [-0.3, -0.25) is 4.79 Å². The largest absolute Gasteiger partial charge is 0.371 e. The molecule has 0 saturated carbocycles. The quantitative estimate of drug-likeness (QED) is 0.910. The molecule has 5 heteroatoms. The highest BCUT2D eigenvalue weighted by Gasteiger charge is 2.35. The number of nitrogens with zero attached hydrogens (tertiary/aromatic N) is 2. The van der Waals surface area contributed by atoms with Crippen LogP contribution in [0.2, 0.25) is 0 Å². The van der Waals surface area contributed by atoms with Gasteiger partial charge in [0, 0.05) is 38.6 Å². The van der Waals surface area contributed by atoms with Gasteiger partial charge in [0.1, 0.15) is 5.82 Å². The fraction of sp³-hybridized carbons (Fsp3) is 0.611. The number of fused-ring (bicyclic) bond motifs is 3. The summed E-state index contributed by atoms with van der Waals surface area (Å²) in [6.45, 7) is 1.44. The third-order valence-electron chi connectivity index (χ3n) is 5.63. The summed E-state index contributed by atoms with van der Waals surface area (Å²) < 4.78 is 13.5. The number of halogens is 1. The van der Waals surface area contributed by atoms with Crippen LogP contribution in [0.4, 0.5) is 15.8 Å². The van der Waals surface area contributed by atoms with Gasteiger partial charge in [-0.1, -0.05) is 0 Å². The van der Waals surface area contributed by atoms with Crippen LogP contribution in [-0.2, 0) is 4.79 Å². The molecule has 2 saturated heterocycles. The van der Waals surface area contributed by atoms with Crippen molar-refractivity contribution in [1.29, 1.82) is 0 Å².